The van der Waals surface area contributed by atoms with E-state index in [0.29, 0.717) is 40.9 Å². The summed E-state index contributed by atoms with van der Waals surface area (Å²) in [4.78, 5) is 25.7. The number of amides is 1. The molecule has 0 aliphatic carbocycles. The number of piperazine rings is 1. The summed E-state index contributed by atoms with van der Waals surface area (Å²) in [6.45, 7) is 7.67. The highest BCUT2D eigenvalue weighted by atomic mass is 16.5. The van der Waals surface area contributed by atoms with Crippen molar-refractivity contribution >= 4 is 28.8 Å². The van der Waals surface area contributed by atoms with E-state index < -0.39 is 0 Å². The van der Waals surface area contributed by atoms with E-state index in [9.17, 15) is 10.1 Å². The van der Waals surface area contributed by atoms with E-state index in [1.54, 1.807) is 31.3 Å². The van der Waals surface area contributed by atoms with Crippen molar-refractivity contribution in [3.63, 3.8) is 0 Å². The van der Waals surface area contributed by atoms with Crippen LogP contribution in [-0.2, 0) is 9.53 Å². The number of ether oxygens (including phenoxy) is 1. The van der Waals surface area contributed by atoms with Gasteiger partial charge in [-0.15, -0.1) is 0 Å². The first-order valence-corrected chi connectivity index (χ1v) is 12.2. The topological polar surface area (TPSA) is 106 Å². The van der Waals surface area contributed by atoms with Crippen LogP contribution in [0.25, 0.3) is 11.4 Å². The monoisotopic (exact) mass is 483 g/mol. The van der Waals surface area contributed by atoms with Crippen molar-refractivity contribution in [2.45, 2.75) is 19.4 Å². The molecule has 0 atom stereocenters. The second-order valence-electron chi connectivity index (χ2n) is 8.93. The molecule has 0 radical (unpaired) electrons. The van der Waals surface area contributed by atoms with Crippen molar-refractivity contribution in [2.75, 3.05) is 54.9 Å². The summed E-state index contributed by atoms with van der Waals surface area (Å²) in [6.07, 6.45) is 2.03. The predicted molar refractivity (Wildman–Crippen MR) is 139 cm³/mol. The van der Waals surface area contributed by atoms with Gasteiger partial charge in [0, 0.05) is 55.7 Å². The van der Waals surface area contributed by atoms with E-state index in [4.69, 9.17) is 4.74 Å². The van der Waals surface area contributed by atoms with Crippen LogP contribution >= 0.6 is 0 Å². The van der Waals surface area contributed by atoms with Gasteiger partial charge < -0.3 is 20.3 Å². The first-order valence-electron chi connectivity index (χ1n) is 12.2. The molecule has 0 bridgehead atoms. The molecule has 1 aromatic heterocycles. The molecule has 3 aromatic rings. The minimum atomic E-state index is -0.140. The molecule has 2 fully saturated rings. The zero-order chi connectivity index (χ0) is 24.9. The van der Waals surface area contributed by atoms with Crippen LogP contribution in [0.4, 0.5) is 22.9 Å². The lowest BCUT2D eigenvalue weighted by Gasteiger charge is -2.43. The Bertz CT molecular complexity index is 1260. The lowest BCUT2D eigenvalue weighted by Crippen LogP contribution is -2.56. The molecule has 1 amide bonds. The van der Waals surface area contributed by atoms with Gasteiger partial charge in [0.15, 0.2) is 5.82 Å². The molecule has 0 saturated carbocycles. The molecule has 0 unspecified atom stereocenters. The average Bonchev–Trinajstić information content (AvgIpc) is 2.89. The van der Waals surface area contributed by atoms with Gasteiger partial charge >= 0.3 is 0 Å². The molecule has 3 heterocycles. The average molecular weight is 484 g/mol. The van der Waals surface area contributed by atoms with Gasteiger partial charge in [0.2, 0.25) is 5.91 Å². The van der Waals surface area contributed by atoms with Gasteiger partial charge in [-0.25, -0.2) is 9.97 Å². The normalized spacial score (nSPS) is 16.2. The zero-order valence-electron chi connectivity index (χ0n) is 20.3. The Kier molecular flexibility index (Phi) is 7.07. The summed E-state index contributed by atoms with van der Waals surface area (Å²) in [5.74, 6) is 1.01. The first-order chi connectivity index (χ1) is 17.6. The smallest absolute Gasteiger partial charge is 0.224 e. The Morgan fingerprint density at radius 1 is 1.11 bits per heavy atom. The highest BCUT2D eigenvalue weighted by Crippen LogP contribution is 2.26. The van der Waals surface area contributed by atoms with E-state index in [1.807, 2.05) is 6.07 Å². The number of benzene rings is 2. The largest absolute Gasteiger partial charge is 0.378 e. The number of rotatable bonds is 7. The van der Waals surface area contributed by atoms with Crippen LogP contribution in [0.5, 0.6) is 0 Å². The lowest BCUT2D eigenvalue weighted by molar-refractivity contribution is -0.115. The number of hydrogen-bond acceptors (Lipinski definition) is 8. The summed E-state index contributed by atoms with van der Waals surface area (Å²) in [5, 5.41) is 15.6. The molecule has 2 N–H and O–H groups in total. The Labute approximate surface area is 210 Å². The summed E-state index contributed by atoms with van der Waals surface area (Å²) >= 11 is 0. The second-order valence-corrected chi connectivity index (χ2v) is 8.93. The van der Waals surface area contributed by atoms with Crippen LogP contribution in [0.3, 0.4) is 0 Å². The van der Waals surface area contributed by atoms with E-state index in [0.717, 1.165) is 45.1 Å². The Morgan fingerprint density at radius 3 is 2.56 bits per heavy atom. The van der Waals surface area contributed by atoms with Crippen molar-refractivity contribution in [2.24, 2.45) is 0 Å². The van der Waals surface area contributed by atoms with Gasteiger partial charge in [-0.2, -0.15) is 5.26 Å². The van der Waals surface area contributed by atoms with Crippen LogP contribution in [0, 0.1) is 11.3 Å². The van der Waals surface area contributed by atoms with Crippen LogP contribution in [0.15, 0.2) is 54.7 Å². The zero-order valence-corrected chi connectivity index (χ0v) is 20.3. The third kappa shape index (κ3) is 5.30. The molecule has 184 valence electrons. The number of hydrogen-bond donors (Lipinski definition) is 2. The molecule has 36 heavy (non-hydrogen) atoms. The number of nitrogens with one attached hydrogen (secondary N) is 2. The summed E-state index contributed by atoms with van der Waals surface area (Å²) in [5.41, 5.74) is 3.71. The van der Waals surface area contributed by atoms with Crippen molar-refractivity contribution < 1.29 is 9.53 Å². The molecule has 2 aliphatic rings. The first kappa shape index (κ1) is 23.7. The lowest BCUT2D eigenvalue weighted by atomic mass is 10.1. The number of anilines is 4. The van der Waals surface area contributed by atoms with Crippen LogP contribution < -0.4 is 15.5 Å². The van der Waals surface area contributed by atoms with Crippen molar-refractivity contribution in [3.8, 4) is 17.5 Å². The minimum absolute atomic E-state index is 0.140. The van der Waals surface area contributed by atoms with Crippen molar-refractivity contribution in [1.29, 1.82) is 5.26 Å². The fourth-order valence-corrected chi connectivity index (χ4v) is 4.37. The van der Waals surface area contributed by atoms with Gasteiger partial charge in [0.25, 0.3) is 0 Å². The number of carbonyl (C=O) groups is 1. The molecular weight excluding hydrogens is 454 g/mol. The SMILES string of the molecule is CCC(=O)Nc1ccc(-c2nccc(Nc3ccc(N4CCN(C5COC5)CC4)cc3)n2)cc1C#N. The molecule has 5 rings (SSSR count). The number of carbonyl (C=O) groups excluding carboxylic acids is 1. The summed E-state index contributed by atoms with van der Waals surface area (Å²) < 4.78 is 5.33. The third-order valence-corrected chi connectivity index (χ3v) is 6.60. The number of nitrogens with zero attached hydrogens (tertiary/aromatic N) is 5. The van der Waals surface area contributed by atoms with Crippen LogP contribution in [-0.4, -0.2) is 66.2 Å². The predicted octanol–water partition coefficient (Wildman–Crippen LogP) is 3.63. The summed E-state index contributed by atoms with van der Waals surface area (Å²) in [7, 11) is 0. The number of nitriles is 1. The van der Waals surface area contributed by atoms with E-state index in [-0.39, 0.29) is 5.91 Å². The summed E-state index contributed by atoms with van der Waals surface area (Å²) in [6, 6.07) is 18.1. The molecule has 2 aliphatic heterocycles. The molecule has 2 saturated heterocycles. The van der Waals surface area contributed by atoms with Crippen LogP contribution in [0.2, 0.25) is 0 Å². The number of aromatic nitrogens is 2. The molecule has 0 spiro atoms. The van der Waals surface area contributed by atoms with Crippen molar-refractivity contribution in [1.82, 2.24) is 14.9 Å². The van der Waals surface area contributed by atoms with Gasteiger partial charge in [0.1, 0.15) is 11.9 Å². The fraction of sp³-hybridized carbons (Fsp3) is 0.333. The Morgan fingerprint density at radius 2 is 1.89 bits per heavy atom. The molecule has 9 nitrogen and oxygen atoms in total. The van der Waals surface area contributed by atoms with Crippen LogP contribution in [0.1, 0.15) is 18.9 Å². The minimum Gasteiger partial charge on any atom is -0.378 e. The standard InChI is InChI=1S/C27H29N7O2/c1-2-26(35)31-24-8-3-19(15-20(24)16-28)27-29-10-9-25(32-27)30-21-4-6-22(7-5-21)33-11-13-34(14-12-33)23-17-36-18-23/h3-10,15,23H,2,11-14,17-18H2,1H3,(H,31,35)(H,29,30,32). The fourth-order valence-electron chi connectivity index (χ4n) is 4.37. The highest BCUT2D eigenvalue weighted by molar-refractivity contribution is 5.92. The maximum atomic E-state index is 11.7. The van der Waals surface area contributed by atoms with Gasteiger partial charge in [-0.05, 0) is 48.5 Å². The molecular formula is C27H29N7O2. The van der Waals surface area contributed by atoms with Gasteiger partial charge in [-0.1, -0.05) is 6.92 Å². The Balaban J connectivity index is 1.24. The third-order valence-electron chi connectivity index (χ3n) is 6.60. The maximum absolute atomic E-state index is 11.7. The van der Waals surface area contributed by atoms with Gasteiger partial charge in [-0.3, -0.25) is 9.69 Å². The van der Waals surface area contributed by atoms with E-state index >= 15 is 0 Å². The van der Waals surface area contributed by atoms with E-state index in [1.165, 1.54) is 5.69 Å². The molecule has 9 heteroatoms. The highest BCUT2D eigenvalue weighted by Gasteiger charge is 2.28. The molecule has 2 aromatic carbocycles. The van der Waals surface area contributed by atoms with Gasteiger partial charge in [0.05, 0.1) is 30.5 Å². The second kappa shape index (κ2) is 10.7. The van der Waals surface area contributed by atoms with Crippen molar-refractivity contribution in [3.05, 3.63) is 60.3 Å². The van der Waals surface area contributed by atoms with E-state index in [2.05, 4.69) is 60.7 Å². The quantitative estimate of drug-likeness (QED) is 0.525. The Hall–Kier alpha value is -4.00. The maximum Gasteiger partial charge on any atom is 0.224 e.